The number of rotatable bonds is 1. The molecular weight excluding hydrogens is 308 g/mol. The average Bonchev–Trinajstić information content (AvgIpc) is 1.21. The molecule has 48 valence electrons. The molecule has 2 nitrogen and oxygen atoms in total. The van der Waals surface area contributed by atoms with Crippen molar-refractivity contribution in [3.05, 3.63) is 0 Å². The predicted octanol–water partition coefficient (Wildman–Crippen LogP) is 2.30. The molecule has 0 rings (SSSR count). The van der Waals surface area contributed by atoms with Gasteiger partial charge in [-0.15, -0.1) is 0 Å². The Morgan fingerprint density at radius 3 is 1.88 bits per heavy atom. The molecule has 1 N–H and O–H groups in total. The van der Waals surface area contributed by atoms with Crippen molar-refractivity contribution in [1.82, 2.24) is 0 Å². The van der Waals surface area contributed by atoms with E-state index in [2.05, 4.69) is 47.8 Å². The highest BCUT2D eigenvalue weighted by atomic mass is 80.0. The number of aliphatic carboxylic acids is 1. The molecule has 0 saturated carbocycles. The van der Waals surface area contributed by atoms with E-state index in [9.17, 15) is 4.79 Å². The second kappa shape index (κ2) is 3.17. The molecule has 0 aromatic rings. The summed E-state index contributed by atoms with van der Waals surface area (Å²) in [4.78, 5) is 9.92. The summed E-state index contributed by atoms with van der Waals surface area (Å²) in [5, 5.41) is 8.16. The van der Waals surface area contributed by atoms with Crippen LogP contribution in [0.15, 0.2) is 0 Å². The number of alkyl halides is 3. The zero-order valence-corrected chi connectivity index (χ0v) is 8.45. The van der Waals surface area contributed by atoms with Gasteiger partial charge in [-0.05, 0) is 0 Å². The molecule has 5 heteroatoms. The molecule has 0 aromatic carbocycles. The van der Waals surface area contributed by atoms with Crippen molar-refractivity contribution in [2.45, 2.75) is 8.56 Å². The van der Waals surface area contributed by atoms with Crippen LogP contribution < -0.4 is 0 Å². The number of carboxylic acids is 1. The summed E-state index contributed by atoms with van der Waals surface area (Å²) in [6, 6.07) is 0. The minimum atomic E-state index is -0.865. The number of carboxylic acid groups (broad SMARTS) is 1. The summed E-state index contributed by atoms with van der Waals surface area (Å²) in [7, 11) is 0. The third-order valence-corrected chi connectivity index (χ3v) is 1.19. The van der Waals surface area contributed by atoms with E-state index in [1.807, 2.05) is 0 Å². The summed E-state index contributed by atoms with van der Waals surface area (Å²) >= 11 is 9.09. The van der Waals surface area contributed by atoms with Gasteiger partial charge < -0.3 is 5.11 Å². The Kier molecular flexibility index (Phi) is 3.53. The Morgan fingerprint density at radius 1 is 1.50 bits per heavy atom. The number of hydrogen-bond donors (Lipinski definition) is 1. The van der Waals surface area contributed by atoms with E-state index in [0.29, 0.717) is 0 Å². The van der Waals surface area contributed by atoms with E-state index in [1.165, 1.54) is 0 Å². The smallest absolute Gasteiger partial charge is 0.306 e. The molecule has 0 atom stereocenters. The van der Waals surface area contributed by atoms with Gasteiger partial charge in [-0.3, -0.25) is 4.79 Å². The molecule has 0 spiro atoms. The Balaban J connectivity index is 3.55. The highest BCUT2D eigenvalue weighted by Crippen LogP contribution is 2.36. The van der Waals surface area contributed by atoms with Crippen molar-refractivity contribution in [2.75, 3.05) is 0 Å². The van der Waals surface area contributed by atoms with Gasteiger partial charge in [0.1, 0.15) is 2.14 Å². The first kappa shape index (κ1) is 8.91. The molecule has 0 aliphatic heterocycles. The standard InChI is InChI=1S/C3H3Br3O2/c4-3(5,6)1-2(7)8/h1H2,(H,7,8). The second-order valence-electron chi connectivity index (χ2n) is 1.19. The van der Waals surface area contributed by atoms with Gasteiger partial charge in [-0.1, -0.05) is 47.8 Å². The van der Waals surface area contributed by atoms with Crippen molar-refractivity contribution < 1.29 is 9.90 Å². The molecule has 0 amide bonds. The highest BCUT2D eigenvalue weighted by molar-refractivity contribution is 9.39. The van der Waals surface area contributed by atoms with Crippen LogP contribution in [0.4, 0.5) is 0 Å². The summed E-state index contributed by atoms with van der Waals surface area (Å²) in [6.45, 7) is 0. The largest absolute Gasteiger partial charge is 0.481 e. The van der Waals surface area contributed by atoms with Crippen molar-refractivity contribution >= 4 is 53.8 Å². The van der Waals surface area contributed by atoms with Crippen LogP contribution in [0.1, 0.15) is 6.42 Å². The van der Waals surface area contributed by atoms with Crippen LogP contribution in [0.25, 0.3) is 0 Å². The Morgan fingerprint density at radius 2 is 1.88 bits per heavy atom. The normalized spacial score (nSPS) is 11.4. The first-order valence-corrected chi connectivity index (χ1v) is 4.08. The molecule has 0 unspecified atom stereocenters. The van der Waals surface area contributed by atoms with Gasteiger partial charge in [0, 0.05) is 0 Å². The van der Waals surface area contributed by atoms with E-state index in [-0.39, 0.29) is 6.42 Å². The zero-order valence-electron chi connectivity index (χ0n) is 3.70. The third kappa shape index (κ3) is 6.91. The van der Waals surface area contributed by atoms with E-state index in [1.54, 1.807) is 0 Å². The van der Waals surface area contributed by atoms with Gasteiger partial charge in [0.2, 0.25) is 0 Å². The first-order valence-electron chi connectivity index (χ1n) is 1.70. The maximum Gasteiger partial charge on any atom is 0.306 e. The quantitative estimate of drug-likeness (QED) is 0.755. The summed E-state index contributed by atoms with van der Waals surface area (Å²) < 4.78 is -0.640. The molecule has 0 saturated heterocycles. The second-order valence-corrected chi connectivity index (χ2v) is 8.44. The molecule has 0 aliphatic rings. The van der Waals surface area contributed by atoms with Gasteiger partial charge in [0.15, 0.2) is 0 Å². The number of halogens is 3. The van der Waals surface area contributed by atoms with Crippen LogP contribution in [0.2, 0.25) is 0 Å². The van der Waals surface area contributed by atoms with Gasteiger partial charge in [0.05, 0.1) is 6.42 Å². The molecule has 8 heavy (non-hydrogen) atoms. The lowest BCUT2D eigenvalue weighted by atomic mass is 10.5. The molecule has 0 aliphatic carbocycles. The fourth-order valence-electron chi connectivity index (χ4n) is 0.171. The molecular formula is C3H3Br3O2. The Bertz CT molecular complexity index is 95.2. The lowest BCUT2D eigenvalue weighted by molar-refractivity contribution is -0.136. The lowest BCUT2D eigenvalue weighted by Crippen LogP contribution is -2.07. The fourth-order valence-corrected chi connectivity index (χ4v) is 0.891. The highest BCUT2D eigenvalue weighted by Gasteiger charge is 2.21. The van der Waals surface area contributed by atoms with E-state index in [0.717, 1.165) is 0 Å². The van der Waals surface area contributed by atoms with Crippen molar-refractivity contribution in [2.24, 2.45) is 0 Å². The van der Waals surface area contributed by atoms with Crippen LogP contribution in [0.5, 0.6) is 0 Å². The summed E-state index contributed by atoms with van der Waals surface area (Å²) in [5.41, 5.74) is 0. The fraction of sp³-hybridized carbons (Fsp3) is 0.667. The first-order chi connectivity index (χ1) is 3.42. The van der Waals surface area contributed by atoms with Gasteiger partial charge in [0.25, 0.3) is 0 Å². The number of carbonyl (C=O) groups is 1. The zero-order chi connectivity index (χ0) is 6.78. The molecule has 0 fully saturated rings. The summed E-state index contributed by atoms with van der Waals surface area (Å²) in [5.74, 6) is -0.865. The van der Waals surface area contributed by atoms with Crippen LogP contribution in [0, 0.1) is 0 Å². The topological polar surface area (TPSA) is 37.3 Å². The van der Waals surface area contributed by atoms with Gasteiger partial charge in [-0.2, -0.15) is 0 Å². The van der Waals surface area contributed by atoms with Crippen LogP contribution in [-0.2, 0) is 4.79 Å². The Labute approximate surface area is 72.0 Å². The minimum absolute atomic E-state index is 0.00694. The SMILES string of the molecule is O=C(O)CC(Br)(Br)Br. The molecule has 0 radical (unpaired) electrons. The maximum absolute atomic E-state index is 9.92. The monoisotopic (exact) mass is 308 g/mol. The predicted molar refractivity (Wildman–Crippen MR) is 41.8 cm³/mol. The minimum Gasteiger partial charge on any atom is -0.481 e. The van der Waals surface area contributed by atoms with Gasteiger partial charge in [-0.25, -0.2) is 0 Å². The van der Waals surface area contributed by atoms with Crippen molar-refractivity contribution in [1.29, 1.82) is 0 Å². The lowest BCUT2D eigenvalue weighted by Gasteiger charge is -2.05. The Hall–Kier alpha value is 0.910. The molecule has 0 aromatic heterocycles. The molecule has 0 heterocycles. The molecule has 0 bridgehead atoms. The van der Waals surface area contributed by atoms with Crippen molar-refractivity contribution in [3.63, 3.8) is 0 Å². The van der Waals surface area contributed by atoms with Crippen LogP contribution >= 0.6 is 47.8 Å². The third-order valence-electron chi connectivity index (χ3n) is 0.352. The van der Waals surface area contributed by atoms with Crippen LogP contribution in [0.3, 0.4) is 0 Å². The van der Waals surface area contributed by atoms with Crippen molar-refractivity contribution in [3.8, 4) is 0 Å². The average molecular weight is 311 g/mol. The summed E-state index contributed by atoms with van der Waals surface area (Å²) in [6.07, 6.45) is -0.00694. The number of hydrogen-bond acceptors (Lipinski definition) is 1. The van der Waals surface area contributed by atoms with E-state index in [4.69, 9.17) is 5.11 Å². The van der Waals surface area contributed by atoms with Gasteiger partial charge >= 0.3 is 5.97 Å². The van der Waals surface area contributed by atoms with E-state index < -0.39 is 8.11 Å². The van der Waals surface area contributed by atoms with Crippen LogP contribution in [-0.4, -0.2) is 13.2 Å². The maximum atomic E-state index is 9.92. The van der Waals surface area contributed by atoms with E-state index >= 15 is 0 Å².